The van der Waals surface area contributed by atoms with Crippen molar-refractivity contribution in [3.63, 3.8) is 0 Å². The molecule has 0 radical (unpaired) electrons. The first-order chi connectivity index (χ1) is 8.36. The molecule has 0 amide bonds. The molecule has 2 N–H and O–H groups in total. The Balaban J connectivity index is 1.84. The SMILES string of the molecule is O[C@H](C#CC[NH+]1CCCCC1)c1ccccc1. The van der Waals surface area contributed by atoms with Crippen molar-refractivity contribution in [3.8, 4) is 11.8 Å². The highest BCUT2D eigenvalue weighted by Gasteiger charge is 2.11. The molecule has 17 heavy (non-hydrogen) atoms. The number of aliphatic hydroxyl groups excluding tert-OH is 1. The van der Waals surface area contributed by atoms with Crippen LogP contribution in [0.1, 0.15) is 30.9 Å². The summed E-state index contributed by atoms with van der Waals surface area (Å²) in [7, 11) is 0. The molecule has 90 valence electrons. The number of quaternary nitrogens is 1. The molecule has 0 unspecified atom stereocenters. The van der Waals surface area contributed by atoms with Gasteiger partial charge in [-0.25, -0.2) is 0 Å². The summed E-state index contributed by atoms with van der Waals surface area (Å²) in [5.74, 6) is 6.05. The van der Waals surface area contributed by atoms with E-state index in [1.54, 1.807) is 4.90 Å². The maximum Gasteiger partial charge on any atom is 0.140 e. The summed E-state index contributed by atoms with van der Waals surface area (Å²) in [5.41, 5.74) is 0.883. The number of benzene rings is 1. The van der Waals surface area contributed by atoms with E-state index >= 15 is 0 Å². The van der Waals surface area contributed by atoms with Gasteiger partial charge in [-0.1, -0.05) is 36.3 Å². The summed E-state index contributed by atoms with van der Waals surface area (Å²) in [4.78, 5) is 1.56. The summed E-state index contributed by atoms with van der Waals surface area (Å²) in [6, 6.07) is 9.62. The number of nitrogens with one attached hydrogen (secondary N) is 1. The van der Waals surface area contributed by atoms with E-state index in [0.29, 0.717) is 0 Å². The largest absolute Gasteiger partial charge is 0.376 e. The van der Waals surface area contributed by atoms with Gasteiger partial charge in [0.15, 0.2) is 0 Å². The van der Waals surface area contributed by atoms with Crippen molar-refractivity contribution >= 4 is 0 Å². The highest BCUT2D eigenvalue weighted by Crippen LogP contribution is 2.09. The van der Waals surface area contributed by atoms with Gasteiger partial charge < -0.3 is 10.0 Å². The maximum absolute atomic E-state index is 9.87. The molecule has 1 fully saturated rings. The van der Waals surface area contributed by atoms with Gasteiger partial charge in [-0.3, -0.25) is 0 Å². The molecule has 2 heteroatoms. The van der Waals surface area contributed by atoms with Crippen molar-refractivity contribution in [1.82, 2.24) is 0 Å². The second-order valence-electron chi connectivity index (χ2n) is 4.62. The van der Waals surface area contributed by atoms with Gasteiger partial charge in [0, 0.05) is 0 Å². The monoisotopic (exact) mass is 230 g/mol. The number of rotatable bonds is 2. The normalized spacial score (nSPS) is 18.2. The van der Waals surface area contributed by atoms with Gasteiger partial charge >= 0.3 is 0 Å². The Bertz CT molecular complexity index is 384. The van der Waals surface area contributed by atoms with E-state index in [-0.39, 0.29) is 0 Å². The van der Waals surface area contributed by atoms with Crippen LogP contribution in [0.15, 0.2) is 30.3 Å². The smallest absolute Gasteiger partial charge is 0.140 e. The third-order valence-corrected chi connectivity index (χ3v) is 3.25. The van der Waals surface area contributed by atoms with Crippen LogP contribution >= 0.6 is 0 Å². The van der Waals surface area contributed by atoms with Crippen LogP contribution in [0.2, 0.25) is 0 Å². The minimum atomic E-state index is -0.639. The predicted molar refractivity (Wildman–Crippen MR) is 68.6 cm³/mol. The van der Waals surface area contributed by atoms with Crippen molar-refractivity contribution in [1.29, 1.82) is 0 Å². The van der Waals surface area contributed by atoms with Crippen LogP contribution in [0.3, 0.4) is 0 Å². The van der Waals surface area contributed by atoms with E-state index in [1.807, 2.05) is 30.3 Å². The van der Waals surface area contributed by atoms with Gasteiger partial charge in [-0.2, -0.15) is 0 Å². The van der Waals surface area contributed by atoms with Crippen molar-refractivity contribution in [3.05, 3.63) is 35.9 Å². The Hall–Kier alpha value is -1.30. The molecule has 1 saturated heterocycles. The third-order valence-electron chi connectivity index (χ3n) is 3.25. The standard InChI is InChI=1S/C15H19NO/c17-15(14-8-3-1-4-9-14)10-7-13-16-11-5-2-6-12-16/h1,3-4,8-9,15,17H,2,5-6,11-13H2/p+1/t15-/m1/s1. The van der Waals surface area contributed by atoms with E-state index in [2.05, 4.69) is 11.8 Å². The highest BCUT2D eigenvalue weighted by atomic mass is 16.3. The lowest BCUT2D eigenvalue weighted by Gasteiger charge is -2.21. The van der Waals surface area contributed by atoms with E-state index in [4.69, 9.17) is 0 Å². The molecule has 0 aromatic heterocycles. The molecule has 2 rings (SSSR count). The molecule has 1 heterocycles. The average molecular weight is 230 g/mol. The van der Waals surface area contributed by atoms with Crippen LogP contribution in [0.5, 0.6) is 0 Å². The van der Waals surface area contributed by atoms with Crippen molar-refractivity contribution in [2.24, 2.45) is 0 Å². The third kappa shape index (κ3) is 3.89. The number of piperidine rings is 1. The first-order valence-corrected chi connectivity index (χ1v) is 6.41. The molecule has 1 aromatic carbocycles. The Morgan fingerprint density at radius 1 is 1.12 bits per heavy atom. The molecular weight excluding hydrogens is 210 g/mol. The lowest BCUT2D eigenvalue weighted by atomic mass is 10.1. The molecule has 1 aliphatic rings. The second-order valence-corrected chi connectivity index (χ2v) is 4.62. The van der Waals surface area contributed by atoms with E-state index < -0.39 is 6.10 Å². The topological polar surface area (TPSA) is 24.7 Å². The van der Waals surface area contributed by atoms with Crippen molar-refractivity contribution in [2.45, 2.75) is 25.4 Å². The fourth-order valence-electron chi connectivity index (χ4n) is 2.22. The van der Waals surface area contributed by atoms with E-state index in [0.717, 1.165) is 12.1 Å². The Labute approximate surface area is 103 Å². The van der Waals surface area contributed by atoms with Gasteiger partial charge in [-0.15, -0.1) is 0 Å². The zero-order chi connectivity index (χ0) is 11.9. The number of aliphatic hydroxyl groups is 1. The van der Waals surface area contributed by atoms with Gasteiger partial charge in [-0.05, 0) is 30.7 Å². The molecule has 2 nitrogen and oxygen atoms in total. The summed E-state index contributed by atoms with van der Waals surface area (Å²) < 4.78 is 0. The Kier molecular flexibility index (Phi) is 4.61. The van der Waals surface area contributed by atoms with Crippen LogP contribution in [-0.2, 0) is 0 Å². The Morgan fingerprint density at radius 2 is 1.82 bits per heavy atom. The molecule has 0 aliphatic carbocycles. The zero-order valence-corrected chi connectivity index (χ0v) is 10.2. The summed E-state index contributed by atoms with van der Waals surface area (Å²) in [6.07, 6.45) is 3.36. The van der Waals surface area contributed by atoms with Crippen LogP contribution in [0.25, 0.3) is 0 Å². The fourth-order valence-corrected chi connectivity index (χ4v) is 2.22. The first kappa shape index (κ1) is 12.2. The summed E-state index contributed by atoms with van der Waals surface area (Å²) in [5, 5.41) is 9.87. The van der Waals surface area contributed by atoms with Crippen molar-refractivity contribution in [2.75, 3.05) is 19.6 Å². The molecule has 1 atom stereocenters. The fraction of sp³-hybridized carbons (Fsp3) is 0.467. The minimum Gasteiger partial charge on any atom is -0.376 e. The van der Waals surface area contributed by atoms with Crippen LogP contribution in [0, 0.1) is 11.8 Å². The first-order valence-electron chi connectivity index (χ1n) is 6.41. The number of likely N-dealkylation sites (tertiary alicyclic amines) is 1. The van der Waals surface area contributed by atoms with Crippen LogP contribution in [-0.4, -0.2) is 24.7 Å². The molecule has 0 spiro atoms. The number of hydrogen-bond donors (Lipinski definition) is 2. The zero-order valence-electron chi connectivity index (χ0n) is 10.2. The minimum absolute atomic E-state index is 0.639. The maximum atomic E-state index is 9.87. The molecular formula is C15H20NO+. The lowest BCUT2D eigenvalue weighted by Crippen LogP contribution is -3.12. The number of hydrogen-bond acceptors (Lipinski definition) is 1. The van der Waals surface area contributed by atoms with Gasteiger partial charge in [0.25, 0.3) is 0 Å². The summed E-state index contributed by atoms with van der Waals surface area (Å²) in [6.45, 7) is 3.33. The molecule has 0 bridgehead atoms. The van der Waals surface area contributed by atoms with Gasteiger partial charge in [0.2, 0.25) is 0 Å². The van der Waals surface area contributed by atoms with E-state index in [1.165, 1.54) is 32.4 Å². The van der Waals surface area contributed by atoms with Crippen LogP contribution < -0.4 is 4.90 Å². The molecule has 1 aliphatic heterocycles. The van der Waals surface area contributed by atoms with Crippen molar-refractivity contribution < 1.29 is 10.0 Å². The Morgan fingerprint density at radius 3 is 2.53 bits per heavy atom. The second kappa shape index (κ2) is 6.44. The van der Waals surface area contributed by atoms with Gasteiger partial charge in [0.1, 0.15) is 12.6 Å². The van der Waals surface area contributed by atoms with E-state index in [9.17, 15) is 5.11 Å². The lowest BCUT2D eigenvalue weighted by molar-refractivity contribution is -0.897. The average Bonchev–Trinajstić information content (AvgIpc) is 2.41. The molecule has 0 saturated carbocycles. The highest BCUT2D eigenvalue weighted by molar-refractivity contribution is 5.24. The molecule has 1 aromatic rings. The van der Waals surface area contributed by atoms with Crippen LogP contribution in [0.4, 0.5) is 0 Å². The van der Waals surface area contributed by atoms with Gasteiger partial charge in [0.05, 0.1) is 13.1 Å². The summed E-state index contributed by atoms with van der Waals surface area (Å²) >= 11 is 0. The predicted octanol–water partition coefficient (Wildman–Crippen LogP) is 0.792. The quantitative estimate of drug-likeness (QED) is 0.722.